The standard InChI is InChI=1S/C15H19N9O2/c1-8-10(9(2)18-17-8)5-15(26)16-11-6-23(7-12(11)25)14-4-3-13-19-21-22-24(13)20-14/h3-4,11-12,25H,5-7H2,1-2H3,(H,16,26)(H,17,18)/t11-,12-/m1/s1. The van der Waals surface area contributed by atoms with Crippen LogP contribution in [0.15, 0.2) is 12.1 Å². The van der Waals surface area contributed by atoms with Gasteiger partial charge in [0, 0.05) is 24.3 Å². The Balaban J connectivity index is 1.42. The predicted molar refractivity (Wildman–Crippen MR) is 90.5 cm³/mol. The van der Waals surface area contributed by atoms with Gasteiger partial charge < -0.3 is 15.3 Å². The molecule has 4 rings (SSSR count). The van der Waals surface area contributed by atoms with Crippen LogP contribution in [0.25, 0.3) is 5.65 Å². The molecule has 11 heteroatoms. The number of aliphatic hydroxyl groups is 1. The van der Waals surface area contributed by atoms with Gasteiger partial charge in [-0.05, 0) is 36.4 Å². The molecule has 1 amide bonds. The summed E-state index contributed by atoms with van der Waals surface area (Å²) in [7, 11) is 0. The summed E-state index contributed by atoms with van der Waals surface area (Å²) in [6, 6.07) is 3.17. The van der Waals surface area contributed by atoms with Gasteiger partial charge in [-0.15, -0.1) is 14.8 Å². The number of H-pyrrole nitrogens is 1. The molecule has 1 saturated heterocycles. The minimum absolute atomic E-state index is 0.146. The fraction of sp³-hybridized carbons (Fsp3) is 0.467. The highest BCUT2D eigenvalue weighted by Gasteiger charge is 2.33. The molecule has 3 aromatic heterocycles. The normalized spacial score (nSPS) is 20.0. The van der Waals surface area contributed by atoms with E-state index in [1.54, 1.807) is 12.1 Å². The molecule has 0 spiro atoms. The second-order valence-electron chi connectivity index (χ2n) is 6.45. The van der Waals surface area contributed by atoms with Crippen molar-refractivity contribution in [2.75, 3.05) is 18.0 Å². The third kappa shape index (κ3) is 2.96. The Bertz CT molecular complexity index is 930. The van der Waals surface area contributed by atoms with E-state index >= 15 is 0 Å². The van der Waals surface area contributed by atoms with Crippen LogP contribution in [0.2, 0.25) is 0 Å². The monoisotopic (exact) mass is 357 g/mol. The van der Waals surface area contributed by atoms with E-state index in [-0.39, 0.29) is 18.4 Å². The van der Waals surface area contributed by atoms with Crippen molar-refractivity contribution in [2.45, 2.75) is 32.4 Å². The van der Waals surface area contributed by atoms with Gasteiger partial charge in [-0.3, -0.25) is 9.89 Å². The number of nitrogens with zero attached hydrogens (tertiary/aromatic N) is 7. The molecule has 0 aromatic carbocycles. The van der Waals surface area contributed by atoms with Gasteiger partial charge in [0.05, 0.1) is 24.3 Å². The highest BCUT2D eigenvalue weighted by Crippen LogP contribution is 2.19. The zero-order valence-corrected chi connectivity index (χ0v) is 14.4. The van der Waals surface area contributed by atoms with Crippen LogP contribution in [0.1, 0.15) is 17.0 Å². The topological polar surface area (TPSA) is 137 Å². The number of hydrogen-bond donors (Lipinski definition) is 3. The van der Waals surface area contributed by atoms with E-state index in [0.29, 0.717) is 24.6 Å². The molecule has 136 valence electrons. The van der Waals surface area contributed by atoms with Gasteiger partial charge in [0.15, 0.2) is 11.5 Å². The molecule has 0 bridgehead atoms. The van der Waals surface area contributed by atoms with Crippen LogP contribution in [-0.4, -0.2) is 71.7 Å². The fourth-order valence-electron chi connectivity index (χ4n) is 3.18. The van der Waals surface area contributed by atoms with Crippen LogP contribution in [-0.2, 0) is 11.2 Å². The van der Waals surface area contributed by atoms with E-state index in [0.717, 1.165) is 17.0 Å². The summed E-state index contributed by atoms with van der Waals surface area (Å²) < 4.78 is 1.33. The van der Waals surface area contributed by atoms with E-state index < -0.39 is 6.10 Å². The van der Waals surface area contributed by atoms with Crippen molar-refractivity contribution in [3.8, 4) is 0 Å². The third-order valence-corrected chi connectivity index (χ3v) is 4.63. The van der Waals surface area contributed by atoms with Gasteiger partial charge in [-0.1, -0.05) is 0 Å². The first-order chi connectivity index (χ1) is 12.5. The van der Waals surface area contributed by atoms with E-state index in [2.05, 4.69) is 36.1 Å². The minimum Gasteiger partial charge on any atom is -0.389 e. The summed E-state index contributed by atoms with van der Waals surface area (Å²) in [5.74, 6) is 0.495. The molecular weight excluding hydrogens is 338 g/mol. The van der Waals surface area contributed by atoms with Crippen molar-refractivity contribution in [3.05, 3.63) is 29.1 Å². The zero-order chi connectivity index (χ0) is 18.3. The Labute approximate surface area is 148 Å². The van der Waals surface area contributed by atoms with Crippen LogP contribution < -0.4 is 10.2 Å². The first-order valence-corrected chi connectivity index (χ1v) is 8.29. The first-order valence-electron chi connectivity index (χ1n) is 8.29. The number of tetrazole rings is 1. The van der Waals surface area contributed by atoms with Crippen LogP contribution in [0.4, 0.5) is 5.82 Å². The Kier molecular flexibility index (Phi) is 3.99. The molecule has 1 aliphatic rings. The molecule has 0 aliphatic carbocycles. The molecule has 1 aliphatic heterocycles. The number of carbonyl (C=O) groups excluding carboxylic acids is 1. The molecule has 1 fully saturated rings. The molecule has 0 radical (unpaired) electrons. The molecule has 3 N–H and O–H groups in total. The Morgan fingerprint density at radius 3 is 3.00 bits per heavy atom. The third-order valence-electron chi connectivity index (χ3n) is 4.63. The number of β-amino-alcohol motifs (C(OH)–C–C–N with tert-alkyl or cyclic N) is 1. The summed E-state index contributed by atoms with van der Waals surface area (Å²) in [6.45, 7) is 4.57. The van der Waals surface area contributed by atoms with Crippen molar-refractivity contribution in [1.82, 2.24) is 40.8 Å². The number of carbonyl (C=O) groups is 1. The van der Waals surface area contributed by atoms with Gasteiger partial charge >= 0.3 is 0 Å². The lowest BCUT2D eigenvalue weighted by molar-refractivity contribution is -0.121. The number of amides is 1. The lowest BCUT2D eigenvalue weighted by atomic mass is 10.1. The maximum absolute atomic E-state index is 12.4. The van der Waals surface area contributed by atoms with Crippen molar-refractivity contribution in [2.24, 2.45) is 0 Å². The fourth-order valence-corrected chi connectivity index (χ4v) is 3.18. The molecule has 4 heterocycles. The summed E-state index contributed by atoms with van der Waals surface area (Å²) in [4.78, 5) is 14.3. The van der Waals surface area contributed by atoms with Gasteiger partial charge in [0.2, 0.25) is 5.91 Å². The first kappa shape index (κ1) is 16.4. The largest absolute Gasteiger partial charge is 0.389 e. The number of anilines is 1. The number of aromatic amines is 1. The highest BCUT2D eigenvalue weighted by atomic mass is 16.3. The molecule has 0 saturated carbocycles. The van der Waals surface area contributed by atoms with E-state index in [1.165, 1.54) is 4.63 Å². The van der Waals surface area contributed by atoms with E-state index in [9.17, 15) is 9.90 Å². The molecule has 3 aromatic rings. The van der Waals surface area contributed by atoms with Gasteiger partial charge in [0.1, 0.15) is 0 Å². The number of aromatic nitrogens is 7. The molecular formula is C15H19N9O2. The minimum atomic E-state index is -0.683. The van der Waals surface area contributed by atoms with E-state index in [1.807, 2.05) is 18.7 Å². The second kappa shape index (κ2) is 6.33. The zero-order valence-electron chi connectivity index (χ0n) is 14.4. The summed E-state index contributed by atoms with van der Waals surface area (Å²) in [6.07, 6.45) is -0.455. The SMILES string of the molecule is Cc1n[nH]c(C)c1CC(=O)N[C@@H]1CN(c2ccc3nnnn3n2)C[C@H]1O. The highest BCUT2D eigenvalue weighted by molar-refractivity contribution is 5.79. The number of rotatable bonds is 4. The Morgan fingerprint density at radius 1 is 1.38 bits per heavy atom. The average molecular weight is 357 g/mol. The Hall–Kier alpha value is -3.08. The van der Waals surface area contributed by atoms with Crippen LogP contribution in [0, 0.1) is 13.8 Å². The van der Waals surface area contributed by atoms with E-state index in [4.69, 9.17) is 0 Å². The van der Waals surface area contributed by atoms with Crippen molar-refractivity contribution in [1.29, 1.82) is 0 Å². The summed E-state index contributed by atoms with van der Waals surface area (Å²) >= 11 is 0. The van der Waals surface area contributed by atoms with Crippen LogP contribution in [0.5, 0.6) is 0 Å². The van der Waals surface area contributed by atoms with Crippen molar-refractivity contribution >= 4 is 17.4 Å². The molecule has 2 atom stereocenters. The summed E-state index contributed by atoms with van der Waals surface area (Å²) in [5, 5.41) is 35.7. The second-order valence-corrected chi connectivity index (χ2v) is 6.45. The van der Waals surface area contributed by atoms with Gasteiger partial charge in [-0.25, -0.2) is 0 Å². The maximum Gasteiger partial charge on any atom is 0.224 e. The van der Waals surface area contributed by atoms with Gasteiger partial charge in [0.25, 0.3) is 0 Å². The average Bonchev–Trinajstić information content (AvgIpc) is 3.30. The lowest BCUT2D eigenvalue weighted by Gasteiger charge is -2.17. The number of aliphatic hydroxyl groups excluding tert-OH is 1. The van der Waals surface area contributed by atoms with Crippen LogP contribution in [0.3, 0.4) is 0 Å². The van der Waals surface area contributed by atoms with Crippen molar-refractivity contribution < 1.29 is 9.90 Å². The molecule has 26 heavy (non-hydrogen) atoms. The van der Waals surface area contributed by atoms with Crippen molar-refractivity contribution in [3.63, 3.8) is 0 Å². The number of hydrogen-bond acceptors (Lipinski definition) is 8. The lowest BCUT2D eigenvalue weighted by Crippen LogP contribution is -2.43. The van der Waals surface area contributed by atoms with Gasteiger partial charge in [-0.2, -0.15) is 5.10 Å². The maximum atomic E-state index is 12.4. The summed E-state index contributed by atoms with van der Waals surface area (Å²) in [5.41, 5.74) is 3.12. The number of aryl methyl sites for hydroxylation is 2. The smallest absolute Gasteiger partial charge is 0.224 e. The number of nitrogens with one attached hydrogen (secondary N) is 2. The predicted octanol–water partition coefficient (Wildman–Crippen LogP) is -1.23. The number of fused-ring (bicyclic) bond motifs is 1. The quantitative estimate of drug-likeness (QED) is 0.528. The Morgan fingerprint density at radius 2 is 2.23 bits per heavy atom. The van der Waals surface area contributed by atoms with Crippen LogP contribution >= 0.6 is 0 Å². The molecule has 0 unspecified atom stereocenters. The molecule has 11 nitrogen and oxygen atoms in total.